The molecule has 2 aliphatic rings. The number of ether oxygens (including phenoxy) is 1. The number of aliphatic hydroxyl groups excluding tert-OH is 1. The quantitative estimate of drug-likeness (QED) is 0.909. The molecule has 2 unspecified atom stereocenters. The lowest BCUT2D eigenvalue weighted by atomic mass is 9.80. The number of halogens is 2. The third-order valence-electron chi connectivity index (χ3n) is 5.03. The van der Waals surface area contributed by atoms with E-state index in [2.05, 4.69) is 0 Å². The monoisotopic (exact) mass is 312 g/mol. The van der Waals surface area contributed by atoms with Crippen LogP contribution in [0.25, 0.3) is 0 Å². The van der Waals surface area contributed by atoms with Crippen molar-refractivity contribution in [3.8, 4) is 0 Å². The molecule has 1 N–H and O–H groups in total. The summed E-state index contributed by atoms with van der Waals surface area (Å²) in [5.41, 5.74) is 0.828. The first-order chi connectivity index (χ1) is 10.1. The van der Waals surface area contributed by atoms with Crippen molar-refractivity contribution in [3.05, 3.63) is 34.6 Å². The van der Waals surface area contributed by atoms with Gasteiger partial charge in [-0.05, 0) is 49.3 Å². The molecule has 1 aromatic carbocycles. The summed E-state index contributed by atoms with van der Waals surface area (Å²) in [4.78, 5) is 0. The van der Waals surface area contributed by atoms with Crippen molar-refractivity contribution >= 4 is 11.6 Å². The highest BCUT2D eigenvalue weighted by Crippen LogP contribution is 2.43. The van der Waals surface area contributed by atoms with Gasteiger partial charge in [-0.25, -0.2) is 4.39 Å². The van der Waals surface area contributed by atoms with Crippen LogP contribution >= 0.6 is 11.6 Å². The molecule has 0 aromatic heterocycles. The first-order valence-corrected chi connectivity index (χ1v) is 8.22. The Morgan fingerprint density at radius 3 is 2.86 bits per heavy atom. The topological polar surface area (TPSA) is 29.5 Å². The predicted octanol–water partition coefficient (Wildman–Crippen LogP) is 4.12. The average Bonchev–Trinajstić information content (AvgIpc) is 2.90. The smallest absolute Gasteiger partial charge is 0.124 e. The third kappa shape index (κ3) is 3.41. The van der Waals surface area contributed by atoms with Crippen LogP contribution in [0.1, 0.15) is 44.1 Å². The van der Waals surface area contributed by atoms with E-state index in [1.165, 1.54) is 25.0 Å². The minimum atomic E-state index is -0.436. The van der Waals surface area contributed by atoms with Crippen LogP contribution in [0, 0.1) is 11.7 Å². The highest BCUT2D eigenvalue weighted by Gasteiger charge is 2.41. The summed E-state index contributed by atoms with van der Waals surface area (Å²) in [5.74, 6) is -0.0906. The lowest BCUT2D eigenvalue weighted by molar-refractivity contribution is -0.112. The summed E-state index contributed by atoms with van der Waals surface area (Å²) in [7, 11) is 0. The zero-order valence-corrected chi connectivity index (χ0v) is 12.9. The fourth-order valence-electron chi connectivity index (χ4n) is 3.84. The molecule has 0 amide bonds. The third-order valence-corrected chi connectivity index (χ3v) is 5.39. The van der Waals surface area contributed by atoms with Crippen LogP contribution in [-0.2, 0) is 11.2 Å². The molecule has 1 aliphatic heterocycles. The second kappa shape index (κ2) is 6.23. The maximum Gasteiger partial charge on any atom is 0.124 e. The van der Waals surface area contributed by atoms with E-state index in [0.29, 0.717) is 11.4 Å². The van der Waals surface area contributed by atoms with Gasteiger partial charge in [-0.2, -0.15) is 0 Å². The number of aliphatic hydroxyl groups is 1. The van der Waals surface area contributed by atoms with E-state index in [4.69, 9.17) is 16.3 Å². The summed E-state index contributed by atoms with van der Waals surface area (Å²) >= 11 is 6.06. The van der Waals surface area contributed by atoms with Gasteiger partial charge in [0, 0.05) is 18.1 Å². The van der Waals surface area contributed by atoms with Crippen LogP contribution < -0.4 is 0 Å². The number of rotatable bonds is 3. The van der Waals surface area contributed by atoms with Crippen LogP contribution in [-0.4, -0.2) is 23.4 Å². The second-order valence-corrected chi connectivity index (χ2v) is 6.91. The molecule has 2 nitrogen and oxygen atoms in total. The van der Waals surface area contributed by atoms with E-state index in [1.54, 1.807) is 6.07 Å². The maximum absolute atomic E-state index is 13.1. The van der Waals surface area contributed by atoms with Gasteiger partial charge >= 0.3 is 0 Å². The van der Waals surface area contributed by atoms with E-state index in [-0.39, 0.29) is 17.3 Å². The summed E-state index contributed by atoms with van der Waals surface area (Å²) in [6.07, 6.45) is 6.57. The van der Waals surface area contributed by atoms with Crippen molar-refractivity contribution in [1.82, 2.24) is 0 Å². The molecule has 2 fully saturated rings. The van der Waals surface area contributed by atoms with Crippen molar-refractivity contribution in [2.45, 2.75) is 56.7 Å². The molecule has 2 atom stereocenters. The van der Waals surface area contributed by atoms with Crippen LogP contribution in [0.5, 0.6) is 0 Å². The molecule has 1 heterocycles. The van der Waals surface area contributed by atoms with E-state index in [1.807, 2.05) is 0 Å². The van der Waals surface area contributed by atoms with Gasteiger partial charge in [-0.3, -0.25) is 0 Å². The predicted molar refractivity (Wildman–Crippen MR) is 81.0 cm³/mol. The second-order valence-electron chi connectivity index (χ2n) is 6.50. The standard InChI is InChI=1S/C17H22ClFO2/c18-15-10-14(19)4-3-12(15)9-16(20)13-5-8-21-17(11-13)6-1-2-7-17/h3-4,10,13,16,20H,1-2,5-9,11H2. The molecule has 3 rings (SSSR count). The van der Waals surface area contributed by atoms with Crippen molar-refractivity contribution in [2.24, 2.45) is 5.92 Å². The first kappa shape index (κ1) is 15.3. The van der Waals surface area contributed by atoms with Gasteiger partial charge in [0.2, 0.25) is 0 Å². The average molecular weight is 313 g/mol. The molecular weight excluding hydrogens is 291 g/mol. The lowest BCUT2D eigenvalue weighted by Gasteiger charge is -2.40. The Kier molecular flexibility index (Phi) is 4.53. The molecule has 116 valence electrons. The molecule has 21 heavy (non-hydrogen) atoms. The molecular formula is C17H22ClFO2. The van der Waals surface area contributed by atoms with E-state index >= 15 is 0 Å². The Balaban J connectivity index is 1.65. The first-order valence-electron chi connectivity index (χ1n) is 7.84. The van der Waals surface area contributed by atoms with Gasteiger partial charge in [0.15, 0.2) is 0 Å². The highest BCUT2D eigenvalue weighted by molar-refractivity contribution is 6.31. The minimum Gasteiger partial charge on any atom is -0.392 e. The van der Waals surface area contributed by atoms with Crippen LogP contribution in [0.4, 0.5) is 4.39 Å². The Labute approximate surface area is 130 Å². The van der Waals surface area contributed by atoms with Gasteiger partial charge < -0.3 is 9.84 Å². The summed E-state index contributed by atoms with van der Waals surface area (Å²) in [6, 6.07) is 4.38. The van der Waals surface area contributed by atoms with Crippen LogP contribution in [0.15, 0.2) is 18.2 Å². The fourth-order valence-corrected chi connectivity index (χ4v) is 4.09. The number of hydrogen-bond donors (Lipinski definition) is 1. The van der Waals surface area contributed by atoms with Gasteiger partial charge in [0.05, 0.1) is 11.7 Å². The molecule has 4 heteroatoms. The van der Waals surface area contributed by atoms with Crippen LogP contribution in [0.3, 0.4) is 0 Å². The molecule has 1 saturated heterocycles. The molecule has 1 aromatic rings. The van der Waals surface area contributed by atoms with Crippen molar-refractivity contribution in [1.29, 1.82) is 0 Å². The minimum absolute atomic E-state index is 0.0104. The number of benzene rings is 1. The number of hydrogen-bond acceptors (Lipinski definition) is 2. The van der Waals surface area contributed by atoms with Crippen molar-refractivity contribution < 1.29 is 14.2 Å². The van der Waals surface area contributed by atoms with E-state index in [9.17, 15) is 9.50 Å². The van der Waals surface area contributed by atoms with Crippen molar-refractivity contribution in [2.75, 3.05) is 6.61 Å². The Morgan fingerprint density at radius 2 is 2.14 bits per heavy atom. The molecule has 0 radical (unpaired) electrons. The lowest BCUT2D eigenvalue weighted by Crippen LogP contribution is -2.41. The zero-order valence-electron chi connectivity index (χ0n) is 12.2. The van der Waals surface area contributed by atoms with Crippen molar-refractivity contribution in [3.63, 3.8) is 0 Å². The molecule has 0 bridgehead atoms. The van der Waals surface area contributed by atoms with Crippen LogP contribution in [0.2, 0.25) is 5.02 Å². The SMILES string of the molecule is OC(Cc1ccc(F)cc1Cl)C1CCOC2(CCCC2)C1. The zero-order chi connectivity index (χ0) is 14.9. The van der Waals surface area contributed by atoms with Gasteiger partial charge in [0.1, 0.15) is 5.82 Å². The Hall–Kier alpha value is -0.640. The Bertz CT molecular complexity index is 500. The summed E-state index contributed by atoms with van der Waals surface area (Å²) < 4.78 is 19.1. The van der Waals surface area contributed by atoms with E-state index in [0.717, 1.165) is 37.9 Å². The highest BCUT2D eigenvalue weighted by atomic mass is 35.5. The largest absolute Gasteiger partial charge is 0.392 e. The molecule has 1 spiro atoms. The molecule has 1 aliphatic carbocycles. The normalized spacial score (nSPS) is 26.1. The van der Waals surface area contributed by atoms with Gasteiger partial charge in [0.25, 0.3) is 0 Å². The van der Waals surface area contributed by atoms with E-state index < -0.39 is 6.10 Å². The maximum atomic E-state index is 13.1. The Morgan fingerprint density at radius 1 is 1.38 bits per heavy atom. The van der Waals surface area contributed by atoms with Gasteiger partial charge in [-0.15, -0.1) is 0 Å². The fraction of sp³-hybridized carbons (Fsp3) is 0.647. The molecule has 1 saturated carbocycles. The summed E-state index contributed by atoms with van der Waals surface area (Å²) in [6.45, 7) is 0.735. The summed E-state index contributed by atoms with van der Waals surface area (Å²) in [5, 5.41) is 11.0. The van der Waals surface area contributed by atoms with Gasteiger partial charge in [-0.1, -0.05) is 30.5 Å².